The standard InChI is InChI=1S/C15H21N3O3/c1-11(20)16-12-5-4-6-13(9-12)17-15(21)18-8-3-2-7-14(18)10-19/h4-6,9,14,19H,2-3,7-8,10H2,1H3,(H,16,20)(H,17,21). The minimum atomic E-state index is -0.214. The molecule has 0 aromatic heterocycles. The van der Waals surface area contributed by atoms with Gasteiger partial charge in [-0.25, -0.2) is 4.79 Å². The molecule has 0 bridgehead atoms. The van der Waals surface area contributed by atoms with E-state index < -0.39 is 0 Å². The molecular weight excluding hydrogens is 270 g/mol. The highest BCUT2D eigenvalue weighted by atomic mass is 16.3. The number of rotatable bonds is 3. The highest BCUT2D eigenvalue weighted by molar-refractivity contribution is 5.92. The second-order valence-electron chi connectivity index (χ2n) is 5.22. The fraction of sp³-hybridized carbons (Fsp3) is 0.467. The molecule has 1 fully saturated rings. The number of nitrogens with zero attached hydrogens (tertiary/aromatic N) is 1. The Bertz CT molecular complexity index is 519. The molecule has 1 aromatic rings. The van der Waals surface area contributed by atoms with Crippen LogP contribution in [0.15, 0.2) is 24.3 Å². The number of urea groups is 1. The topological polar surface area (TPSA) is 81.7 Å². The Kier molecular flexibility index (Phi) is 5.16. The van der Waals surface area contributed by atoms with Gasteiger partial charge in [-0.15, -0.1) is 0 Å². The Hall–Kier alpha value is -2.08. The van der Waals surface area contributed by atoms with E-state index in [0.717, 1.165) is 19.3 Å². The number of anilines is 2. The zero-order valence-corrected chi connectivity index (χ0v) is 12.1. The third kappa shape index (κ3) is 4.19. The van der Waals surface area contributed by atoms with Crippen LogP contribution in [-0.4, -0.2) is 41.1 Å². The highest BCUT2D eigenvalue weighted by Gasteiger charge is 2.25. The molecule has 0 saturated carbocycles. The number of nitrogens with one attached hydrogen (secondary N) is 2. The summed E-state index contributed by atoms with van der Waals surface area (Å²) < 4.78 is 0. The van der Waals surface area contributed by atoms with E-state index in [-0.39, 0.29) is 24.6 Å². The quantitative estimate of drug-likeness (QED) is 0.797. The minimum absolute atomic E-state index is 0.0145. The summed E-state index contributed by atoms with van der Waals surface area (Å²) in [6, 6.07) is 6.67. The average Bonchev–Trinajstić information content (AvgIpc) is 2.46. The molecule has 1 aliphatic rings. The number of aliphatic hydroxyl groups is 1. The number of hydrogen-bond donors (Lipinski definition) is 3. The molecule has 114 valence electrons. The maximum Gasteiger partial charge on any atom is 0.322 e. The molecule has 0 aliphatic carbocycles. The van der Waals surface area contributed by atoms with Crippen molar-refractivity contribution in [3.8, 4) is 0 Å². The zero-order valence-electron chi connectivity index (χ0n) is 12.1. The van der Waals surface area contributed by atoms with E-state index >= 15 is 0 Å². The number of likely N-dealkylation sites (tertiary alicyclic amines) is 1. The lowest BCUT2D eigenvalue weighted by atomic mass is 10.0. The van der Waals surface area contributed by atoms with Gasteiger partial charge in [0.1, 0.15) is 0 Å². The van der Waals surface area contributed by atoms with Crippen LogP contribution in [0.5, 0.6) is 0 Å². The van der Waals surface area contributed by atoms with E-state index in [2.05, 4.69) is 10.6 Å². The lowest BCUT2D eigenvalue weighted by Gasteiger charge is -2.34. The second-order valence-corrected chi connectivity index (χ2v) is 5.22. The van der Waals surface area contributed by atoms with Crippen LogP contribution in [0.25, 0.3) is 0 Å². The predicted molar refractivity (Wildman–Crippen MR) is 81.2 cm³/mol. The lowest BCUT2D eigenvalue weighted by Crippen LogP contribution is -2.47. The van der Waals surface area contributed by atoms with Crippen molar-refractivity contribution in [2.75, 3.05) is 23.8 Å². The van der Waals surface area contributed by atoms with E-state index in [9.17, 15) is 14.7 Å². The van der Waals surface area contributed by atoms with Crippen LogP contribution >= 0.6 is 0 Å². The number of aliphatic hydroxyl groups excluding tert-OH is 1. The van der Waals surface area contributed by atoms with Gasteiger partial charge in [0.25, 0.3) is 0 Å². The molecule has 1 aromatic carbocycles. The van der Waals surface area contributed by atoms with E-state index in [0.29, 0.717) is 17.9 Å². The number of amides is 3. The molecule has 0 radical (unpaired) electrons. The summed E-state index contributed by atoms with van der Waals surface area (Å²) in [6.45, 7) is 2.08. The van der Waals surface area contributed by atoms with Gasteiger partial charge in [0.2, 0.25) is 5.91 Å². The molecule has 1 unspecified atom stereocenters. The van der Waals surface area contributed by atoms with Crippen molar-refractivity contribution in [3.63, 3.8) is 0 Å². The van der Waals surface area contributed by atoms with Crippen molar-refractivity contribution >= 4 is 23.3 Å². The summed E-state index contributed by atoms with van der Waals surface area (Å²) in [5.41, 5.74) is 1.26. The number of carbonyl (C=O) groups is 2. The van der Waals surface area contributed by atoms with Gasteiger partial charge in [0, 0.05) is 24.8 Å². The van der Waals surface area contributed by atoms with Crippen LogP contribution < -0.4 is 10.6 Å². The molecule has 1 atom stereocenters. The van der Waals surface area contributed by atoms with Gasteiger partial charge in [0.05, 0.1) is 12.6 Å². The molecule has 6 nitrogen and oxygen atoms in total. The molecule has 1 saturated heterocycles. The first-order valence-electron chi connectivity index (χ1n) is 7.16. The van der Waals surface area contributed by atoms with E-state index in [1.807, 2.05) is 0 Å². The summed E-state index contributed by atoms with van der Waals surface area (Å²) in [5, 5.41) is 14.8. The first-order valence-corrected chi connectivity index (χ1v) is 7.16. The van der Waals surface area contributed by atoms with E-state index in [4.69, 9.17) is 0 Å². The molecule has 0 spiro atoms. The molecule has 3 N–H and O–H groups in total. The van der Waals surface area contributed by atoms with Crippen molar-refractivity contribution in [1.82, 2.24) is 4.90 Å². The Labute approximate surface area is 124 Å². The van der Waals surface area contributed by atoms with Gasteiger partial charge in [-0.1, -0.05) is 6.07 Å². The number of hydrogen-bond acceptors (Lipinski definition) is 3. The van der Waals surface area contributed by atoms with Crippen LogP contribution in [0.2, 0.25) is 0 Å². The molecule has 6 heteroatoms. The summed E-state index contributed by atoms with van der Waals surface area (Å²) >= 11 is 0. The van der Waals surface area contributed by atoms with Crippen LogP contribution in [0, 0.1) is 0 Å². The lowest BCUT2D eigenvalue weighted by molar-refractivity contribution is -0.114. The van der Waals surface area contributed by atoms with Crippen molar-refractivity contribution in [3.05, 3.63) is 24.3 Å². The van der Waals surface area contributed by atoms with E-state index in [1.54, 1.807) is 29.2 Å². The summed E-state index contributed by atoms with van der Waals surface area (Å²) in [6.07, 6.45) is 2.82. The fourth-order valence-corrected chi connectivity index (χ4v) is 2.53. The maximum absolute atomic E-state index is 12.3. The van der Waals surface area contributed by atoms with Crippen molar-refractivity contribution in [1.29, 1.82) is 0 Å². The first-order chi connectivity index (χ1) is 10.1. The number of carbonyl (C=O) groups excluding carboxylic acids is 2. The van der Waals surface area contributed by atoms with Gasteiger partial charge in [-0.3, -0.25) is 4.79 Å². The van der Waals surface area contributed by atoms with Crippen LogP contribution in [-0.2, 0) is 4.79 Å². The first kappa shape index (κ1) is 15.3. The van der Waals surface area contributed by atoms with Gasteiger partial charge in [-0.05, 0) is 37.5 Å². The Balaban J connectivity index is 2.03. The van der Waals surface area contributed by atoms with Crippen molar-refractivity contribution < 1.29 is 14.7 Å². The van der Waals surface area contributed by atoms with Crippen LogP contribution in [0.3, 0.4) is 0 Å². The van der Waals surface area contributed by atoms with Gasteiger partial charge < -0.3 is 20.6 Å². The Morgan fingerprint density at radius 2 is 2.00 bits per heavy atom. The normalized spacial score (nSPS) is 18.2. The third-order valence-electron chi connectivity index (χ3n) is 3.53. The van der Waals surface area contributed by atoms with Crippen LogP contribution in [0.4, 0.5) is 16.2 Å². The average molecular weight is 291 g/mol. The fourth-order valence-electron chi connectivity index (χ4n) is 2.53. The summed E-state index contributed by atoms with van der Waals surface area (Å²) in [7, 11) is 0. The summed E-state index contributed by atoms with van der Waals surface area (Å²) in [4.78, 5) is 25.0. The number of piperidine rings is 1. The van der Waals surface area contributed by atoms with Gasteiger partial charge >= 0.3 is 6.03 Å². The number of benzene rings is 1. The van der Waals surface area contributed by atoms with Crippen molar-refractivity contribution in [2.24, 2.45) is 0 Å². The van der Waals surface area contributed by atoms with Gasteiger partial charge in [0.15, 0.2) is 0 Å². The molecule has 2 rings (SSSR count). The minimum Gasteiger partial charge on any atom is -0.394 e. The highest BCUT2D eigenvalue weighted by Crippen LogP contribution is 2.20. The molecule has 1 aliphatic heterocycles. The Morgan fingerprint density at radius 1 is 1.29 bits per heavy atom. The molecule has 21 heavy (non-hydrogen) atoms. The monoisotopic (exact) mass is 291 g/mol. The van der Waals surface area contributed by atoms with Gasteiger partial charge in [-0.2, -0.15) is 0 Å². The zero-order chi connectivity index (χ0) is 15.2. The smallest absolute Gasteiger partial charge is 0.322 e. The molecular formula is C15H21N3O3. The van der Waals surface area contributed by atoms with Crippen LogP contribution in [0.1, 0.15) is 26.2 Å². The SMILES string of the molecule is CC(=O)Nc1cccc(NC(=O)N2CCCCC2CO)c1. The van der Waals surface area contributed by atoms with E-state index in [1.165, 1.54) is 6.92 Å². The molecule has 1 heterocycles. The largest absolute Gasteiger partial charge is 0.394 e. The summed E-state index contributed by atoms with van der Waals surface area (Å²) in [5.74, 6) is -0.158. The molecule has 3 amide bonds. The maximum atomic E-state index is 12.3. The Morgan fingerprint density at radius 3 is 2.67 bits per heavy atom. The van der Waals surface area contributed by atoms with Crippen molar-refractivity contribution in [2.45, 2.75) is 32.2 Å². The third-order valence-corrected chi connectivity index (χ3v) is 3.53. The second kappa shape index (κ2) is 7.08. The predicted octanol–water partition coefficient (Wildman–Crippen LogP) is 2.02.